The molecule has 0 unspecified atom stereocenters. The molecule has 0 aliphatic rings. The number of aliphatic hydroxyl groups is 1. The first-order valence-electron chi connectivity index (χ1n) is 2.90. The van der Waals surface area contributed by atoms with Crippen molar-refractivity contribution in [3.05, 3.63) is 24.3 Å². The molecule has 0 rings (SSSR count). The molecule has 0 spiro atoms. The topological polar surface area (TPSA) is 44.1 Å². The average Bonchev–Trinajstić information content (AvgIpc) is 1.90. The standard InChI is InChI=1S/C7H11N.CH4O/c1-5(2)7(8)6(3)4;1-2/h8H,1,3H2,2,4H3;2H,1H3. The lowest BCUT2D eigenvalue weighted by Crippen LogP contribution is -1.95. The minimum atomic E-state index is 0.463. The van der Waals surface area contributed by atoms with Crippen molar-refractivity contribution >= 4 is 5.71 Å². The highest BCUT2D eigenvalue weighted by Crippen LogP contribution is 1.98. The van der Waals surface area contributed by atoms with Crippen LogP contribution in [0.3, 0.4) is 0 Å². The second-order valence-corrected chi connectivity index (χ2v) is 1.94. The first kappa shape index (κ1) is 11.9. The van der Waals surface area contributed by atoms with Crippen LogP contribution in [0, 0.1) is 5.41 Å². The van der Waals surface area contributed by atoms with E-state index in [2.05, 4.69) is 13.2 Å². The fourth-order valence-electron chi connectivity index (χ4n) is 0.364. The van der Waals surface area contributed by atoms with Gasteiger partial charge in [0, 0.05) is 7.11 Å². The van der Waals surface area contributed by atoms with Crippen LogP contribution in [0.25, 0.3) is 0 Å². The number of hydrogen-bond donors (Lipinski definition) is 2. The number of aliphatic hydroxyl groups excluding tert-OH is 1. The Labute approximate surface area is 62.4 Å². The third kappa shape index (κ3) is 5.25. The zero-order valence-electron chi connectivity index (χ0n) is 6.86. The molecule has 0 amide bonds. The third-order valence-corrected chi connectivity index (χ3v) is 0.854. The molecule has 0 aliphatic carbocycles. The van der Waals surface area contributed by atoms with Crippen LogP contribution in [0.2, 0.25) is 0 Å². The maximum Gasteiger partial charge on any atom is 0.0586 e. The summed E-state index contributed by atoms with van der Waals surface area (Å²) in [5.41, 5.74) is 2.01. The monoisotopic (exact) mass is 141 g/mol. The summed E-state index contributed by atoms with van der Waals surface area (Å²) in [4.78, 5) is 0. The maximum absolute atomic E-state index is 7.20. The summed E-state index contributed by atoms with van der Waals surface area (Å²) in [5.74, 6) is 0. The molecule has 0 aromatic rings. The van der Waals surface area contributed by atoms with Crippen LogP contribution in [0.5, 0.6) is 0 Å². The molecule has 0 aromatic carbocycles. The zero-order chi connectivity index (χ0) is 8.73. The van der Waals surface area contributed by atoms with Gasteiger partial charge in [0.15, 0.2) is 0 Å². The SMILES string of the molecule is C=C(C)C(=N)C(=C)C.CO. The van der Waals surface area contributed by atoms with E-state index in [1.165, 1.54) is 0 Å². The molecule has 2 nitrogen and oxygen atoms in total. The van der Waals surface area contributed by atoms with E-state index in [0.717, 1.165) is 18.3 Å². The Balaban J connectivity index is 0. The quantitative estimate of drug-likeness (QED) is 0.565. The van der Waals surface area contributed by atoms with Gasteiger partial charge in [-0.05, 0) is 25.0 Å². The van der Waals surface area contributed by atoms with E-state index in [1.807, 2.05) is 0 Å². The van der Waals surface area contributed by atoms with Gasteiger partial charge in [0.2, 0.25) is 0 Å². The van der Waals surface area contributed by atoms with Crippen molar-refractivity contribution < 1.29 is 5.11 Å². The van der Waals surface area contributed by atoms with Crippen molar-refractivity contribution in [2.45, 2.75) is 13.8 Å². The van der Waals surface area contributed by atoms with Crippen molar-refractivity contribution in [2.24, 2.45) is 0 Å². The van der Waals surface area contributed by atoms with Gasteiger partial charge in [-0.3, -0.25) is 0 Å². The molecule has 10 heavy (non-hydrogen) atoms. The van der Waals surface area contributed by atoms with E-state index >= 15 is 0 Å². The van der Waals surface area contributed by atoms with Gasteiger partial charge in [0.1, 0.15) is 0 Å². The molecule has 2 heteroatoms. The number of allylic oxidation sites excluding steroid dienone is 2. The summed E-state index contributed by atoms with van der Waals surface area (Å²) in [5, 5.41) is 14.2. The minimum Gasteiger partial charge on any atom is -0.400 e. The molecular formula is C8H15NO. The Kier molecular flexibility index (Phi) is 7.39. The molecular weight excluding hydrogens is 126 g/mol. The molecule has 0 saturated heterocycles. The van der Waals surface area contributed by atoms with Gasteiger partial charge in [-0.2, -0.15) is 0 Å². The Hall–Kier alpha value is -0.890. The van der Waals surface area contributed by atoms with Crippen LogP contribution in [0.1, 0.15) is 13.8 Å². The smallest absolute Gasteiger partial charge is 0.0586 e. The van der Waals surface area contributed by atoms with E-state index < -0.39 is 0 Å². The van der Waals surface area contributed by atoms with Crippen LogP contribution < -0.4 is 0 Å². The second kappa shape index (κ2) is 6.23. The van der Waals surface area contributed by atoms with E-state index in [0.29, 0.717) is 5.71 Å². The van der Waals surface area contributed by atoms with Crippen molar-refractivity contribution in [1.82, 2.24) is 0 Å². The first-order valence-corrected chi connectivity index (χ1v) is 2.90. The fraction of sp³-hybridized carbons (Fsp3) is 0.375. The van der Waals surface area contributed by atoms with Gasteiger partial charge >= 0.3 is 0 Å². The zero-order valence-corrected chi connectivity index (χ0v) is 6.86. The van der Waals surface area contributed by atoms with Gasteiger partial charge in [-0.1, -0.05) is 13.2 Å². The van der Waals surface area contributed by atoms with Gasteiger partial charge in [0.05, 0.1) is 5.71 Å². The lowest BCUT2D eigenvalue weighted by molar-refractivity contribution is 0.399. The van der Waals surface area contributed by atoms with E-state index in [9.17, 15) is 0 Å². The molecule has 0 atom stereocenters. The Morgan fingerprint density at radius 3 is 1.30 bits per heavy atom. The van der Waals surface area contributed by atoms with Crippen molar-refractivity contribution in [1.29, 1.82) is 5.41 Å². The predicted octanol–water partition coefficient (Wildman–Crippen LogP) is 1.77. The highest BCUT2D eigenvalue weighted by atomic mass is 16.2. The summed E-state index contributed by atoms with van der Waals surface area (Å²) in [6.07, 6.45) is 0. The number of hydrogen-bond acceptors (Lipinski definition) is 2. The van der Waals surface area contributed by atoms with Gasteiger partial charge in [0.25, 0.3) is 0 Å². The molecule has 0 bridgehead atoms. The molecule has 58 valence electrons. The molecule has 0 aliphatic heterocycles. The van der Waals surface area contributed by atoms with Gasteiger partial charge in [-0.15, -0.1) is 0 Å². The van der Waals surface area contributed by atoms with E-state index in [4.69, 9.17) is 10.5 Å². The first-order chi connectivity index (χ1) is 4.55. The Morgan fingerprint density at radius 2 is 1.30 bits per heavy atom. The third-order valence-electron chi connectivity index (χ3n) is 0.854. The van der Waals surface area contributed by atoms with Crippen molar-refractivity contribution in [3.8, 4) is 0 Å². The van der Waals surface area contributed by atoms with Crippen LogP contribution in [-0.2, 0) is 0 Å². The predicted molar refractivity (Wildman–Crippen MR) is 45.5 cm³/mol. The van der Waals surface area contributed by atoms with Crippen LogP contribution >= 0.6 is 0 Å². The lowest BCUT2D eigenvalue weighted by atomic mass is 10.1. The molecule has 2 N–H and O–H groups in total. The Morgan fingerprint density at radius 1 is 1.10 bits per heavy atom. The number of rotatable bonds is 2. The average molecular weight is 141 g/mol. The van der Waals surface area contributed by atoms with E-state index in [1.54, 1.807) is 13.8 Å². The van der Waals surface area contributed by atoms with Gasteiger partial charge in [-0.25, -0.2) is 0 Å². The minimum absolute atomic E-state index is 0.463. The summed E-state index contributed by atoms with van der Waals surface area (Å²) >= 11 is 0. The highest BCUT2D eigenvalue weighted by Gasteiger charge is 1.94. The normalized spacial score (nSPS) is 7.20. The fourth-order valence-corrected chi connectivity index (χ4v) is 0.364. The molecule has 0 saturated carbocycles. The second-order valence-electron chi connectivity index (χ2n) is 1.94. The van der Waals surface area contributed by atoms with Gasteiger partial charge < -0.3 is 10.5 Å². The van der Waals surface area contributed by atoms with Crippen molar-refractivity contribution in [3.63, 3.8) is 0 Å². The maximum atomic E-state index is 7.20. The van der Waals surface area contributed by atoms with E-state index in [-0.39, 0.29) is 0 Å². The van der Waals surface area contributed by atoms with Crippen LogP contribution in [0.4, 0.5) is 0 Å². The summed E-state index contributed by atoms with van der Waals surface area (Å²) in [7, 11) is 1.00. The summed E-state index contributed by atoms with van der Waals surface area (Å²) < 4.78 is 0. The van der Waals surface area contributed by atoms with Crippen molar-refractivity contribution in [2.75, 3.05) is 7.11 Å². The van der Waals surface area contributed by atoms with Crippen LogP contribution in [-0.4, -0.2) is 17.9 Å². The molecule has 0 aromatic heterocycles. The summed E-state index contributed by atoms with van der Waals surface area (Å²) in [6, 6.07) is 0. The van der Waals surface area contributed by atoms with Crippen LogP contribution in [0.15, 0.2) is 24.3 Å². The molecule has 0 fully saturated rings. The molecule has 0 heterocycles. The lowest BCUT2D eigenvalue weighted by Gasteiger charge is -1.97. The highest BCUT2D eigenvalue weighted by molar-refractivity contribution is 6.08. The molecule has 0 radical (unpaired) electrons. The number of nitrogens with one attached hydrogen (secondary N) is 1. The summed E-state index contributed by atoms with van der Waals surface area (Å²) in [6.45, 7) is 10.8. The largest absolute Gasteiger partial charge is 0.400 e. The Bertz CT molecular complexity index is 131.